The van der Waals surface area contributed by atoms with E-state index in [0.717, 1.165) is 5.56 Å². The summed E-state index contributed by atoms with van der Waals surface area (Å²) >= 11 is 0. The quantitative estimate of drug-likeness (QED) is 0.816. The molecule has 2 rings (SSSR count). The van der Waals surface area contributed by atoms with Gasteiger partial charge in [-0.15, -0.1) is 0 Å². The van der Waals surface area contributed by atoms with E-state index in [0.29, 0.717) is 31.2 Å². The lowest BCUT2D eigenvalue weighted by molar-refractivity contribution is -0.132. The smallest absolute Gasteiger partial charge is 0.426 e. The van der Waals surface area contributed by atoms with Crippen molar-refractivity contribution in [3.05, 3.63) is 23.9 Å². The normalized spacial score (nSPS) is 22.5. The first-order chi connectivity index (χ1) is 11.7. The number of hydrogen-bond acceptors (Lipinski definition) is 5. The highest BCUT2D eigenvalue weighted by Crippen LogP contribution is 2.48. The molecular formula is C18H27N3O4. The first-order valence-electron chi connectivity index (χ1n) is 8.55. The second kappa shape index (κ2) is 7.29. The number of nitrogens with one attached hydrogen (secondary N) is 2. The third-order valence-corrected chi connectivity index (χ3v) is 4.09. The minimum atomic E-state index is -0.691. The standard InChI is InChI=1S/C18H27N3O4/c1-6-24-14-9-13(7-8-19-14)18(10-12(2)11-18)15(22)20-21-16(23)25-17(3,4)5/h7-9,12H,6,10-11H2,1-5H3,(H,20,22)(H,21,23). The van der Waals surface area contributed by atoms with E-state index < -0.39 is 17.1 Å². The van der Waals surface area contributed by atoms with Gasteiger partial charge < -0.3 is 9.47 Å². The summed E-state index contributed by atoms with van der Waals surface area (Å²) in [7, 11) is 0. The van der Waals surface area contributed by atoms with Crippen molar-refractivity contribution in [2.45, 2.75) is 58.5 Å². The molecule has 1 aliphatic rings. The van der Waals surface area contributed by atoms with Crippen molar-refractivity contribution in [1.82, 2.24) is 15.8 Å². The zero-order valence-corrected chi connectivity index (χ0v) is 15.5. The minimum absolute atomic E-state index is 0.259. The van der Waals surface area contributed by atoms with Gasteiger partial charge in [0.1, 0.15) is 5.60 Å². The predicted octanol–water partition coefficient (Wildman–Crippen LogP) is 2.70. The molecule has 7 nitrogen and oxygen atoms in total. The highest BCUT2D eigenvalue weighted by atomic mass is 16.6. The SMILES string of the molecule is CCOc1cc(C2(C(=O)NNC(=O)OC(C)(C)C)CC(C)C2)ccn1. The topological polar surface area (TPSA) is 89.6 Å². The summed E-state index contributed by atoms with van der Waals surface area (Å²) in [6, 6.07) is 3.61. The Morgan fingerprint density at radius 1 is 1.32 bits per heavy atom. The molecule has 138 valence electrons. The fourth-order valence-electron chi connectivity index (χ4n) is 3.15. The summed E-state index contributed by atoms with van der Waals surface area (Å²) in [5.74, 6) is 0.660. The molecule has 2 amide bonds. The van der Waals surface area contributed by atoms with E-state index in [9.17, 15) is 9.59 Å². The lowest BCUT2D eigenvalue weighted by Crippen LogP contribution is -2.57. The molecule has 25 heavy (non-hydrogen) atoms. The van der Waals surface area contributed by atoms with E-state index in [4.69, 9.17) is 9.47 Å². The van der Waals surface area contributed by atoms with Gasteiger partial charge in [0.25, 0.3) is 0 Å². The minimum Gasteiger partial charge on any atom is -0.478 e. The van der Waals surface area contributed by atoms with Crippen molar-refractivity contribution in [2.75, 3.05) is 6.61 Å². The Kier molecular flexibility index (Phi) is 5.55. The number of rotatable bonds is 4. The van der Waals surface area contributed by atoms with Gasteiger partial charge in [0.05, 0.1) is 12.0 Å². The average molecular weight is 349 g/mol. The summed E-state index contributed by atoms with van der Waals surface area (Å²) in [5, 5.41) is 0. The van der Waals surface area contributed by atoms with Crippen LogP contribution in [0.3, 0.4) is 0 Å². The van der Waals surface area contributed by atoms with Gasteiger partial charge in [-0.05, 0) is 58.1 Å². The van der Waals surface area contributed by atoms with Crippen LogP contribution < -0.4 is 15.6 Å². The summed E-state index contributed by atoms with van der Waals surface area (Å²) in [4.78, 5) is 28.7. The molecule has 0 radical (unpaired) electrons. The average Bonchev–Trinajstić information content (AvgIpc) is 2.48. The van der Waals surface area contributed by atoms with Crippen LogP contribution in [0.2, 0.25) is 0 Å². The Balaban J connectivity index is 2.10. The van der Waals surface area contributed by atoms with E-state index in [1.807, 2.05) is 13.0 Å². The van der Waals surface area contributed by atoms with Crippen molar-refractivity contribution < 1.29 is 19.1 Å². The molecule has 0 spiro atoms. The molecule has 1 fully saturated rings. The lowest BCUT2D eigenvalue weighted by Gasteiger charge is -2.45. The van der Waals surface area contributed by atoms with Gasteiger partial charge in [0, 0.05) is 12.3 Å². The maximum Gasteiger partial charge on any atom is 0.426 e. The fourth-order valence-corrected chi connectivity index (χ4v) is 3.15. The number of hydrazine groups is 1. The van der Waals surface area contributed by atoms with Crippen molar-refractivity contribution in [3.8, 4) is 5.88 Å². The number of nitrogens with zero attached hydrogens (tertiary/aromatic N) is 1. The van der Waals surface area contributed by atoms with Gasteiger partial charge in [-0.1, -0.05) is 6.92 Å². The molecule has 1 aliphatic carbocycles. The van der Waals surface area contributed by atoms with Crippen LogP contribution in [0.5, 0.6) is 5.88 Å². The number of amides is 2. The zero-order valence-electron chi connectivity index (χ0n) is 15.5. The molecule has 0 aromatic carbocycles. The van der Waals surface area contributed by atoms with E-state index in [2.05, 4.69) is 22.8 Å². The van der Waals surface area contributed by atoms with Crippen LogP contribution in [0, 0.1) is 5.92 Å². The van der Waals surface area contributed by atoms with Crippen molar-refractivity contribution in [3.63, 3.8) is 0 Å². The van der Waals surface area contributed by atoms with Gasteiger partial charge in [0.2, 0.25) is 11.8 Å². The second-order valence-corrected chi connectivity index (χ2v) is 7.49. The Labute approximate surface area is 148 Å². The lowest BCUT2D eigenvalue weighted by atomic mass is 9.59. The highest BCUT2D eigenvalue weighted by Gasteiger charge is 2.50. The molecule has 0 atom stereocenters. The van der Waals surface area contributed by atoms with Crippen LogP contribution in [0.25, 0.3) is 0 Å². The second-order valence-electron chi connectivity index (χ2n) is 7.49. The molecule has 0 aliphatic heterocycles. The van der Waals surface area contributed by atoms with Crippen molar-refractivity contribution >= 4 is 12.0 Å². The van der Waals surface area contributed by atoms with Crippen LogP contribution in [-0.4, -0.2) is 29.2 Å². The zero-order chi connectivity index (χ0) is 18.7. The molecule has 0 unspecified atom stereocenters. The van der Waals surface area contributed by atoms with Gasteiger partial charge in [-0.3, -0.25) is 10.2 Å². The van der Waals surface area contributed by atoms with E-state index in [-0.39, 0.29) is 5.91 Å². The van der Waals surface area contributed by atoms with Gasteiger partial charge >= 0.3 is 6.09 Å². The number of carbonyl (C=O) groups is 2. The predicted molar refractivity (Wildman–Crippen MR) is 93.0 cm³/mol. The fraction of sp³-hybridized carbons (Fsp3) is 0.611. The first-order valence-corrected chi connectivity index (χ1v) is 8.55. The number of pyridine rings is 1. The van der Waals surface area contributed by atoms with Crippen LogP contribution in [0.4, 0.5) is 4.79 Å². The van der Waals surface area contributed by atoms with Crippen molar-refractivity contribution in [2.24, 2.45) is 5.92 Å². The van der Waals surface area contributed by atoms with E-state index >= 15 is 0 Å². The molecule has 0 saturated heterocycles. The molecule has 1 aromatic rings. The summed E-state index contributed by atoms with van der Waals surface area (Å²) in [5.41, 5.74) is 4.34. The number of carbonyl (C=O) groups excluding carboxylic acids is 2. The highest BCUT2D eigenvalue weighted by molar-refractivity contribution is 5.90. The monoisotopic (exact) mass is 349 g/mol. The summed E-state index contributed by atoms with van der Waals surface area (Å²) in [6.07, 6.45) is 2.35. The Hall–Kier alpha value is -2.31. The van der Waals surface area contributed by atoms with Gasteiger partial charge in [0.15, 0.2) is 0 Å². The Morgan fingerprint density at radius 3 is 2.56 bits per heavy atom. The Bertz CT molecular complexity index is 633. The van der Waals surface area contributed by atoms with Gasteiger partial charge in [-0.25, -0.2) is 15.2 Å². The number of ether oxygens (including phenoxy) is 2. The van der Waals surface area contributed by atoms with Crippen LogP contribution >= 0.6 is 0 Å². The number of hydrogen-bond donors (Lipinski definition) is 2. The number of aromatic nitrogens is 1. The molecule has 1 aromatic heterocycles. The molecule has 2 N–H and O–H groups in total. The van der Waals surface area contributed by atoms with Gasteiger partial charge in [-0.2, -0.15) is 0 Å². The molecule has 1 saturated carbocycles. The molecule has 7 heteroatoms. The summed E-state index contributed by atoms with van der Waals surface area (Å²) < 4.78 is 10.6. The van der Waals surface area contributed by atoms with Crippen LogP contribution in [-0.2, 0) is 14.9 Å². The first kappa shape index (κ1) is 19.0. The third-order valence-electron chi connectivity index (χ3n) is 4.09. The molecule has 1 heterocycles. The Morgan fingerprint density at radius 2 is 2.00 bits per heavy atom. The maximum absolute atomic E-state index is 12.8. The molecular weight excluding hydrogens is 322 g/mol. The van der Waals surface area contributed by atoms with E-state index in [1.165, 1.54) is 0 Å². The third kappa shape index (κ3) is 4.61. The van der Waals surface area contributed by atoms with Crippen LogP contribution in [0.1, 0.15) is 53.0 Å². The maximum atomic E-state index is 12.8. The largest absolute Gasteiger partial charge is 0.478 e. The van der Waals surface area contributed by atoms with Crippen molar-refractivity contribution in [1.29, 1.82) is 0 Å². The van der Waals surface area contributed by atoms with Crippen LogP contribution in [0.15, 0.2) is 18.3 Å². The van der Waals surface area contributed by atoms with E-state index in [1.54, 1.807) is 33.0 Å². The molecule has 0 bridgehead atoms. The summed E-state index contributed by atoms with van der Waals surface area (Å²) in [6.45, 7) is 9.76.